The number of carbonyl (C=O) groups excluding carboxylic acids is 1. The average Bonchev–Trinajstić information content (AvgIpc) is 2.24. The fourth-order valence-electron chi connectivity index (χ4n) is 1.41. The zero-order valence-corrected chi connectivity index (χ0v) is 8.38. The van der Waals surface area contributed by atoms with Crippen LogP contribution in [0.1, 0.15) is 10.5 Å². The SMILES string of the molecule is COC(=O)c1cncc(N2CC(N)C2)n1. The van der Waals surface area contributed by atoms with E-state index < -0.39 is 5.97 Å². The van der Waals surface area contributed by atoms with Crippen molar-refractivity contribution in [3.05, 3.63) is 18.1 Å². The van der Waals surface area contributed by atoms with Gasteiger partial charge in [0.15, 0.2) is 5.69 Å². The van der Waals surface area contributed by atoms with Gasteiger partial charge in [-0.2, -0.15) is 0 Å². The van der Waals surface area contributed by atoms with E-state index in [4.69, 9.17) is 5.73 Å². The fraction of sp³-hybridized carbons (Fsp3) is 0.444. The predicted octanol–water partition coefficient (Wildman–Crippen LogP) is -0.590. The summed E-state index contributed by atoms with van der Waals surface area (Å²) in [6.45, 7) is 1.50. The molecule has 0 spiro atoms. The molecule has 0 unspecified atom stereocenters. The lowest BCUT2D eigenvalue weighted by Gasteiger charge is -2.37. The van der Waals surface area contributed by atoms with E-state index >= 15 is 0 Å². The maximum absolute atomic E-state index is 11.2. The van der Waals surface area contributed by atoms with E-state index in [-0.39, 0.29) is 11.7 Å². The molecule has 2 N–H and O–H groups in total. The smallest absolute Gasteiger partial charge is 0.358 e. The van der Waals surface area contributed by atoms with Gasteiger partial charge in [-0.1, -0.05) is 0 Å². The summed E-state index contributed by atoms with van der Waals surface area (Å²) in [5.41, 5.74) is 5.87. The van der Waals surface area contributed by atoms with Crippen molar-refractivity contribution in [2.75, 3.05) is 25.1 Å². The van der Waals surface area contributed by atoms with E-state index in [9.17, 15) is 4.79 Å². The van der Waals surface area contributed by atoms with Gasteiger partial charge >= 0.3 is 5.97 Å². The molecule has 1 saturated heterocycles. The summed E-state index contributed by atoms with van der Waals surface area (Å²) in [4.78, 5) is 21.2. The lowest BCUT2D eigenvalue weighted by molar-refractivity contribution is 0.0593. The van der Waals surface area contributed by atoms with Crippen LogP contribution in [0.25, 0.3) is 0 Å². The number of hydrogen-bond acceptors (Lipinski definition) is 6. The third-order valence-electron chi connectivity index (χ3n) is 2.25. The molecule has 1 fully saturated rings. The Morgan fingerprint density at radius 2 is 2.33 bits per heavy atom. The molecular weight excluding hydrogens is 196 g/mol. The highest BCUT2D eigenvalue weighted by Crippen LogP contribution is 2.16. The van der Waals surface area contributed by atoms with Crippen molar-refractivity contribution >= 4 is 11.8 Å². The van der Waals surface area contributed by atoms with Gasteiger partial charge < -0.3 is 15.4 Å². The van der Waals surface area contributed by atoms with Gasteiger partial charge in [-0.3, -0.25) is 4.98 Å². The van der Waals surface area contributed by atoms with Gasteiger partial charge in [0.05, 0.1) is 19.5 Å². The Kier molecular flexibility index (Phi) is 2.51. The third-order valence-corrected chi connectivity index (χ3v) is 2.25. The Morgan fingerprint density at radius 3 is 2.93 bits per heavy atom. The quantitative estimate of drug-likeness (QED) is 0.654. The Balaban J connectivity index is 2.16. The van der Waals surface area contributed by atoms with Crippen molar-refractivity contribution in [3.8, 4) is 0 Å². The van der Waals surface area contributed by atoms with Crippen molar-refractivity contribution in [2.45, 2.75) is 6.04 Å². The van der Waals surface area contributed by atoms with Crippen LogP contribution < -0.4 is 10.6 Å². The second kappa shape index (κ2) is 3.82. The lowest BCUT2D eigenvalue weighted by Crippen LogP contribution is -2.56. The summed E-state index contributed by atoms with van der Waals surface area (Å²) >= 11 is 0. The van der Waals surface area contributed by atoms with Gasteiger partial charge in [0.2, 0.25) is 0 Å². The number of nitrogens with two attached hydrogens (primary N) is 1. The van der Waals surface area contributed by atoms with Crippen LogP contribution in [0.5, 0.6) is 0 Å². The molecule has 0 aliphatic carbocycles. The first-order valence-electron chi connectivity index (χ1n) is 4.61. The van der Waals surface area contributed by atoms with Gasteiger partial charge in [0, 0.05) is 19.1 Å². The van der Waals surface area contributed by atoms with E-state index in [1.165, 1.54) is 13.3 Å². The molecule has 2 rings (SSSR count). The third kappa shape index (κ3) is 1.89. The maximum atomic E-state index is 11.2. The predicted molar refractivity (Wildman–Crippen MR) is 53.6 cm³/mol. The Labute approximate surface area is 87.1 Å². The molecule has 0 saturated carbocycles. The monoisotopic (exact) mass is 208 g/mol. The number of aromatic nitrogens is 2. The van der Waals surface area contributed by atoms with Crippen LogP contribution in [0.15, 0.2) is 12.4 Å². The fourth-order valence-corrected chi connectivity index (χ4v) is 1.41. The molecule has 0 aromatic carbocycles. The van der Waals surface area contributed by atoms with Gasteiger partial charge in [0.1, 0.15) is 5.82 Å². The van der Waals surface area contributed by atoms with E-state index in [1.54, 1.807) is 6.20 Å². The zero-order chi connectivity index (χ0) is 10.8. The number of methoxy groups -OCH3 is 1. The van der Waals surface area contributed by atoms with Gasteiger partial charge in [-0.05, 0) is 0 Å². The summed E-state index contributed by atoms with van der Waals surface area (Å²) in [5, 5.41) is 0. The second-order valence-electron chi connectivity index (χ2n) is 3.42. The van der Waals surface area contributed by atoms with Crippen LogP contribution in [0.2, 0.25) is 0 Å². The van der Waals surface area contributed by atoms with E-state index in [0.29, 0.717) is 5.82 Å². The summed E-state index contributed by atoms with van der Waals surface area (Å²) in [6, 6.07) is 0.189. The first-order chi connectivity index (χ1) is 7.20. The standard InChI is InChI=1S/C9H12N4O2/c1-15-9(14)7-2-11-3-8(12-7)13-4-6(10)5-13/h2-3,6H,4-5,10H2,1H3. The normalized spacial score (nSPS) is 16.0. The van der Waals surface area contributed by atoms with Crippen molar-refractivity contribution in [1.29, 1.82) is 0 Å². The molecule has 0 amide bonds. The van der Waals surface area contributed by atoms with Crippen molar-refractivity contribution in [3.63, 3.8) is 0 Å². The molecule has 0 radical (unpaired) electrons. The second-order valence-corrected chi connectivity index (χ2v) is 3.42. The number of rotatable bonds is 2. The van der Waals surface area contributed by atoms with Crippen LogP contribution in [0.4, 0.5) is 5.82 Å². The minimum Gasteiger partial charge on any atom is -0.464 e. The highest BCUT2D eigenvalue weighted by molar-refractivity contribution is 5.87. The maximum Gasteiger partial charge on any atom is 0.358 e. The Hall–Kier alpha value is -1.69. The zero-order valence-electron chi connectivity index (χ0n) is 8.38. The van der Waals surface area contributed by atoms with Crippen LogP contribution in [0.3, 0.4) is 0 Å². The average molecular weight is 208 g/mol. The molecule has 0 atom stereocenters. The minimum absolute atomic E-state index is 0.189. The number of esters is 1. The first kappa shape index (κ1) is 9.85. The Morgan fingerprint density at radius 1 is 1.60 bits per heavy atom. The van der Waals surface area contributed by atoms with Crippen molar-refractivity contribution in [1.82, 2.24) is 9.97 Å². The number of nitrogens with zero attached hydrogens (tertiary/aromatic N) is 3. The first-order valence-corrected chi connectivity index (χ1v) is 4.61. The van der Waals surface area contributed by atoms with Crippen LogP contribution in [-0.2, 0) is 4.74 Å². The molecule has 15 heavy (non-hydrogen) atoms. The van der Waals surface area contributed by atoms with Crippen molar-refractivity contribution < 1.29 is 9.53 Å². The number of carbonyl (C=O) groups is 1. The summed E-state index contributed by atoms with van der Waals surface area (Å²) < 4.78 is 4.56. The van der Waals surface area contributed by atoms with Gasteiger partial charge in [0.25, 0.3) is 0 Å². The van der Waals surface area contributed by atoms with Crippen LogP contribution in [-0.4, -0.2) is 42.2 Å². The molecule has 2 heterocycles. The number of anilines is 1. The van der Waals surface area contributed by atoms with Crippen molar-refractivity contribution in [2.24, 2.45) is 5.73 Å². The highest BCUT2D eigenvalue weighted by Gasteiger charge is 2.25. The van der Waals surface area contributed by atoms with E-state index in [2.05, 4.69) is 14.7 Å². The van der Waals surface area contributed by atoms with Gasteiger partial charge in [-0.15, -0.1) is 0 Å². The van der Waals surface area contributed by atoms with Crippen LogP contribution in [0, 0.1) is 0 Å². The molecule has 1 aromatic heterocycles. The topological polar surface area (TPSA) is 81.3 Å². The molecular formula is C9H12N4O2. The molecule has 1 aliphatic heterocycles. The lowest BCUT2D eigenvalue weighted by atomic mass is 10.1. The Bertz CT molecular complexity index is 376. The molecule has 6 nitrogen and oxygen atoms in total. The molecule has 80 valence electrons. The number of ether oxygens (including phenoxy) is 1. The summed E-state index contributed by atoms with van der Waals surface area (Å²) in [7, 11) is 1.32. The van der Waals surface area contributed by atoms with Crippen LogP contribution >= 0.6 is 0 Å². The molecule has 6 heteroatoms. The molecule has 0 bridgehead atoms. The summed E-state index contributed by atoms with van der Waals surface area (Å²) in [6.07, 6.45) is 2.99. The highest BCUT2D eigenvalue weighted by atomic mass is 16.5. The number of hydrogen-bond donors (Lipinski definition) is 1. The van der Waals surface area contributed by atoms with E-state index in [1.807, 2.05) is 4.90 Å². The molecule has 1 aromatic rings. The van der Waals surface area contributed by atoms with Gasteiger partial charge in [-0.25, -0.2) is 9.78 Å². The van der Waals surface area contributed by atoms with E-state index in [0.717, 1.165) is 13.1 Å². The largest absolute Gasteiger partial charge is 0.464 e. The summed E-state index contributed by atoms with van der Waals surface area (Å²) in [5.74, 6) is 0.189. The molecule has 1 aliphatic rings. The minimum atomic E-state index is -0.478.